The Balaban J connectivity index is 2.18. The summed E-state index contributed by atoms with van der Waals surface area (Å²) in [5.41, 5.74) is 0. The Labute approximate surface area is 92.3 Å². The molecule has 0 saturated carbocycles. The van der Waals surface area contributed by atoms with E-state index in [-0.39, 0.29) is 6.10 Å². The summed E-state index contributed by atoms with van der Waals surface area (Å²) in [4.78, 5) is 1.42. The molecule has 0 unspecified atom stereocenters. The Morgan fingerprint density at radius 3 is 2.33 bits per heavy atom. The number of hydrogen-bond donors (Lipinski definition) is 0. The summed E-state index contributed by atoms with van der Waals surface area (Å²) in [5, 5.41) is 0. The van der Waals surface area contributed by atoms with Crippen LogP contribution in [0, 0.1) is 0 Å². The van der Waals surface area contributed by atoms with Crippen LogP contribution in [0.5, 0.6) is 0 Å². The number of likely N-dealkylation sites (tertiary alicyclic amines) is 1. The van der Waals surface area contributed by atoms with E-state index in [4.69, 9.17) is 16.3 Å². The predicted octanol–water partition coefficient (Wildman–Crippen LogP) is 2.27. The molecule has 1 saturated heterocycles. The molecule has 15 heavy (non-hydrogen) atoms. The molecule has 0 radical (unpaired) electrons. The number of rotatable bonds is 4. The van der Waals surface area contributed by atoms with Gasteiger partial charge in [0.25, 0.3) is 0 Å². The zero-order chi connectivity index (χ0) is 11.3. The maximum atomic E-state index is 12.0. The van der Waals surface area contributed by atoms with Crippen molar-refractivity contribution in [2.24, 2.45) is 0 Å². The molecule has 0 aromatic carbocycles. The Bertz CT molecular complexity index is 181. The quantitative estimate of drug-likeness (QED) is 0.705. The van der Waals surface area contributed by atoms with Gasteiger partial charge in [0.2, 0.25) is 0 Å². The zero-order valence-corrected chi connectivity index (χ0v) is 9.15. The molecule has 0 aromatic heterocycles. The fraction of sp³-hybridized carbons (Fsp3) is 1.00. The maximum Gasteiger partial charge on any atom is 0.401 e. The van der Waals surface area contributed by atoms with Gasteiger partial charge in [0.1, 0.15) is 0 Å². The molecule has 0 N–H and O–H groups in total. The summed E-state index contributed by atoms with van der Waals surface area (Å²) < 4.78 is 41.5. The van der Waals surface area contributed by atoms with E-state index in [1.807, 2.05) is 0 Å². The van der Waals surface area contributed by atoms with Crippen LogP contribution in [0.25, 0.3) is 0 Å². The van der Waals surface area contributed by atoms with E-state index < -0.39 is 12.7 Å². The second-order valence-corrected chi connectivity index (χ2v) is 4.03. The normalized spacial score (nSPS) is 20.8. The highest BCUT2D eigenvalue weighted by molar-refractivity contribution is 6.17. The third kappa shape index (κ3) is 5.58. The molecule has 6 heteroatoms. The first kappa shape index (κ1) is 13.1. The van der Waals surface area contributed by atoms with Crippen molar-refractivity contribution in [3.8, 4) is 0 Å². The number of hydrogen-bond acceptors (Lipinski definition) is 2. The molecule has 0 aromatic rings. The van der Waals surface area contributed by atoms with Gasteiger partial charge in [0.15, 0.2) is 0 Å². The van der Waals surface area contributed by atoms with E-state index in [1.54, 1.807) is 0 Å². The lowest BCUT2D eigenvalue weighted by atomic mass is 10.1. The molecule has 2 nitrogen and oxygen atoms in total. The van der Waals surface area contributed by atoms with Gasteiger partial charge >= 0.3 is 6.18 Å². The van der Waals surface area contributed by atoms with Gasteiger partial charge in [-0.05, 0) is 12.8 Å². The molecule has 1 rings (SSSR count). The van der Waals surface area contributed by atoms with Gasteiger partial charge in [0.05, 0.1) is 19.3 Å². The topological polar surface area (TPSA) is 12.5 Å². The lowest BCUT2D eigenvalue weighted by Crippen LogP contribution is -2.42. The largest absolute Gasteiger partial charge is 0.401 e. The van der Waals surface area contributed by atoms with E-state index in [1.165, 1.54) is 4.90 Å². The number of piperidine rings is 1. The number of ether oxygens (including phenoxy) is 1. The van der Waals surface area contributed by atoms with Crippen LogP contribution in [-0.2, 0) is 4.74 Å². The first-order valence-electron chi connectivity index (χ1n) is 4.98. The van der Waals surface area contributed by atoms with Gasteiger partial charge < -0.3 is 4.74 Å². The average molecular weight is 246 g/mol. The van der Waals surface area contributed by atoms with Gasteiger partial charge in [-0.2, -0.15) is 13.2 Å². The summed E-state index contributed by atoms with van der Waals surface area (Å²) in [5.74, 6) is 0.433. The molecule has 0 spiro atoms. The monoisotopic (exact) mass is 245 g/mol. The molecule has 90 valence electrons. The molecule has 0 amide bonds. The van der Waals surface area contributed by atoms with E-state index in [0.717, 1.165) is 0 Å². The molecular formula is C9H15ClF3NO. The third-order valence-corrected chi connectivity index (χ3v) is 2.52. The Kier molecular flexibility index (Phi) is 5.15. The lowest BCUT2D eigenvalue weighted by molar-refractivity contribution is -0.150. The highest BCUT2D eigenvalue weighted by Crippen LogP contribution is 2.20. The summed E-state index contributed by atoms with van der Waals surface area (Å²) in [6.07, 6.45) is -2.70. The van der Waals surface area contributed by atoms with E-state index in [0.29, 0.717) is 38.4 Å². The van der Waals surface area contributed by atoms with E-state index >= 15 is 0 Å². The van der Waals surface area contributed by atoms with Crippen LogP contribution in [0.15, 0.2) is 0 Å². The van der Waals surface area contributed by atoms with Gasteiger partial charge in [0, 0.05) is 19.0 Å². The third-order valence-electron chi connectivity index (χ3n) is 2.37. The van der Waals surface area contributed by atoms with E-state index in [9.17, 15) is 13.2 Å². The van der Waals surface area contributed by atoms with Crippen molar-refractivity contribution < 1.29 is 17.9 Å². The number of nitrogens with zero attached hydrogens (tertiary/aromatic N) is 1. The minimum atomic E-state index is -4.09. The second kappa shape index (κ2) is 5.92. The summed E-state index contributed by atoms with van der Waals surface area (Å²) in [7, 11) is 0. The minimum absolute atomic E-state index is 0.0771. The molecule has 0 aliphatic carbocycles. The van der Waals surface area contributed by atoms with Crippen LogP contribution < -0.4 is 0 Å². The first-order valence-corrected chi connectivity index (χ1v) is 5.51. The molecule has 0 bridgehead atoms. The fourth-order valence-corrected chi connectivity index (χ4v) is 1.79. The van der Waals surface area contributed by atoms with Crippen molar-refractivity contribution in [2.75, 3.05) is 32.1 Å². The van der Waals surface area contributed by atoms with Crippen LogP contribution in [0.1, 0.15) is 12.8 Å². The van der Waals surface area contributed by atoms with Crippen molar-refractivity contribution in [3.63, 3.8) is 0 Å². The SMILES string of the molecule is FC(F)(F)CN1CCC(OCCCl)CC1. The standard InChI is InChI=1S/C9H15ClF3NO/c10-3-6-15-8-1-4-14(5-2-8)7-9(11,12)13/h8H,1-7H2. The smallest absolute Gasteiger partial charge is 0.377 e. The average Bonchev–Trinajstić information content (AvgIpc) is 2.14. The fourth-order valence-electron chi connectivity index (χ4n) is 1.70. The summed E-state index contributed by atoms with van der Waals surface area (Å²) >= 11 is 5.45. The molecule has 1 heterocycles. The Hall–Kier alpha value is 0. The second-order valence-electron chi connectivity index (χ2n) is 3.65. The summed E-state index contributed by atoms with van der Waals surface area (Å²) in [6, 6.07) is 0. The Morgan fingerprint density at radius 1 is 1.27 bits per heavy atom. The molecule has 1 fully saturated rings. The van der Waals surface area contributed by atoms with Gasteiger partial charge in [-0.15, -0.1) is 11.6 Å². The molecule has 0 atom stereocenters. The van der Waals surface area contributed by atoms with Crippen molar-refractivity contribution in [1.29, 1.82) is 0 Å². The highest BCUT2D eigenvalue weighted by atomic mass is 35.5. The molecular weight excluding hydrogens is 231 g/mol. The number of alkyl halides is 4. The van der Waals surface area contributed by atoms with Gasteiger partial charge in [-0.25, -0.2) is 0 Å². The van der Waals surface area contributed by atoms with Crippen molar-refractivity contribution >= 4 is 11.6 Å². The van der Waals surface area contributed by atoms with Crippen LogP contribution >= 0.6 is 11.6 Å². The van der Waals surface area contributed by atoms with Crippen molar-refractivity contribution in [3.05, 3.63) is 0 Å². The van der Waals surface area contributed by atoms with Crippen LogP contribution in [0.2, 0.25) is 0 Å². The number of halogens is 4. The van der Waals surface area contributed by atoms with Crippen molar-refractivity contribution in [1.82, 2.24) is 4.90 Å². The predicted molar refractivity (Wildman–Crippen MR) is 52.2 cm³/mol. The van der Waals surface area contributed by atoms with Crippen LogP contribution in [-0.4, -0.2) is 49.3 Å². The first-order chi connectivity index (χ1) is 7.01. The summed E-state index contributed by atoms with van der Waals surface area (Å²) in [6.45, 7) is 0.569. The van der Waals surface area contributed by atoms with Crippen LogP contribution in [0.4, 0.5) is 13.2 Å². The van der Waals surface area contributed by atoms with Crippen LogP contribution in [0.3, 0.4) is 0 Å². The lowest BCUT2D eigenvalue weighted by Gasteiger charge is -2.32. The maximum absolute atomic E-state index is 12.0. The minimum Gasteiger partial charge on any atom is -0.377 e. The van der Waals surface area contributed by atoms with Gasteiger partial charge in [-0.1, -0.05) is 0 Å². The highest BCUT2D eigenvalue weighted by Gasteiger charge is 2.32. The molecule has 1 aliphatic heterocycles. The van der Waals surface area contributed by atoms with Gasteiger partial charge in [-0.3, -0.25) is 4.90 Å². The van der Waals surface area contributed by atoms with E-state index in [2.05, 4.69) is 0 Å². The zero-order valence-electron chi connectivity index (χ0n) is 8.39. The van der Waals surface area contributed by atoms with Crippen molar-refractivity contribution in [2.45, 2.75) is 25.1 Å². The molecule has 1 aliphatic rings. The Morgan fingerprint density at radius 2 is 1.87 bits per heavy atom.